The van der Waals surface area contributed by atoms with E-state index < -0.39 is 23.2 Å². The number of hydrogen-bond donors (Lipinski definition) is 2. The number of hydrogen-bond acceptors (Lipinski definition) is 5. The van der Waals surface area contributed by atoms with E-state index in [-0.39, 0.29) is 26.6 Å². The topological polar surface area (TPSA) is 87.7 Å². The molecule has 1 amide bonds. The van der Waals surface area contributed by atoms with Crippen molar-refractivity contribution in [1.82, 2.24) is 15.2 Å². The number of nitrogens with zero attached hydrogens (tertiary/aromatic N) is 2. The normalized spacial score (nSPS) is 11.6. The van der Waals surface area contributed by atoms with Gasteiger partial charge in [0.05, 0.1) is 5.56 Å². The maximum Gasteiger partial charge on any atom is 0.417 e. The molecule has 146 valence electrons. The molecule has 4 rings (SSSR count). The van der Waals surface area contributed by atoms with Crippen LogP contribution in [-0.4, -0.2) is 21.1 Å². The highest BCUT2D eigenvalue weighted by Gasteiger charge is 2.34. The third-order valence-corrected chi connectivity index (χ3v) is 5.04. The summed E-state index contributed by atoms with van der Waals surface area (Å²) >= 11 is 0.861. The van der Waals surface area contributed by atoms with Gasteiger partial charge in [-0.2, -0.15) is 18.3 Å². The van der Waals surface area contributed by atoms with Crippen LogP contribution in [0.4, 0.5) is 18.3 Å². The summed E-state index contributed by atoms with van der Waals surface area (Å²) in [4.78, 5) is 28.6. The van der Waals surface area contributed by atoms with Gasteiger partial charge < -0.3 is 0 Å². The minimum atomic E-state index is -4.61. The average Bonchev–Trinajstić information content (AvgIpc) is 3.13. The molecule has 4 aromatic rings. The van der Waals surface area contributed by atoms with Crippen LogP contribution in [0.1, 0.15) is 15.9 Å². The molecule has 10 heteroatoms. The molecule has 0 unspecified atom stereocenters. The molecule has 2 heterocycles. The standard InChI is InChI=1S/C19H11F3N4O2S/c20-19(21,22)12-9-5-4-8-11(12)13-14-15(17(28)26-25-13)29-18(23-14)24-16(27)10-6-2-1-3-7-10/h1-9H,(H,26,28)(H,23,24,27). The monoisotopic (exact) mass is 416 g/mol. The Hall–Kier alpha value is -3.53. The fourth-order valence-electron chi connectivity index (χ4n) is 2.78. The summed E-state index contributed by atoms with van der Waals surface area (Å²) in [6, 6.07) is 13.2. The van der Waals surface area contributed by atoms with Gasteiger partial charge in [0.25, 0.3) is 11.5 Å². The summed E-state index contributed by atoms with van der Waals surface area (Å²) in [6.45, 7) is 0. The largest absolute Gasteiger partial charge is 0.417 e. The maximum atomic E-state index is 13.4. The molecule has 2 N–H and O–H groups in total. The Balaban J connectivity index is 1.82. The molecule has 0 aliphatic heterocycles. The van der Waals surface area contributed by atoms with Crippen LogP contribution in [0.3, 0.4) is 0 Å². The first-order valence-electron chi connectivity index (χ1n) is 8.27. The number of H-pyrrole nitrogens is 1. The number of fused-ring (bicyclic) bond motifs is 1. The molecule has 6 nitrogen and oxygen atoms in total. The van der Waals surface area contributed by atoms with Gasteiger partial charge in [-0.1, -0.05) is 47.7 Å². The molecule has 0 aliphatic rings. The Morgan fingerprint density at radius 2 is 1.72 bits per heavy atom. The van der Waals surface area contributed by atoms with Crippen molar-refractivity contribution in [3.05, 3.63) is 76.1 Å². The number of aromatic amines is 1. The van der Waals surface area contributed by atoms with E-state index in [0.29, 0.717) is 5.56 Å². The van der Waals surface area contributed by atoms with E-state index in [1.165, 1.54) is 18.2 Å². The first-order valence-corrected chi connectivity index (χ1v) is 9.08. The number of carbonyl (C=O) groups is 1. The second-order valence-corrected chi connectivity index (χ2v) is 6.96. The Bertz CT molecular complexity index is 1270. The zero-order valence-electron chi connectivity index (χ0n) is 14.4. The fourth-order valence-corrected chi connectivity index (χ4v) is 3.63. The molecule has 2 aromatic carbocycles. The zero-order chi connectivity index (χ0) is 20.6. The van der Waals surface area contributed by atoms with Crippen LogP contribution in [0.5, 0.6) is 0 Å². The van der Waals surface area contributed by atoms with E-state index in [2.05, 4.69) is 20.5 Å². The van der Waals surface area contributed by atoms with Gasteiger partial charge in [0, 0.05) is 11.1 Å². The molecule has 29 heavy (non-hydrogen) atoms. The number of amides is 1. The van der Waals surface area contributed by atoms with Crippen LogP contribution in [-0.2, 0) is 6.18 Å². The Kier molecular flexibility index (Phi) is 4.63. The van der Waals surface area contributed by atoms with Crippen molar-refractivity contribution in [2.24, 2.45) is 0 Å². The lowest BCUT2D eigenvalue weighted by Gasteiger charge is -2.11. The van der Waals surface area contributed by atoms with E-state index in [4.69, 9.17) is 0 Å². The first kappa shape index (κ1) is 18.8. The molecule has 0 spiro atoms. The van der Waals surface area contributed by atoms with Crippen molar-refractivity contribution < 1.29 is 18.0 Å². The van der Waals surface area contributed by atoms with Crippen molar-refractivity contribution >= 4 is 32.6 Å². The number of anilines is 1. The fraction of sp³-hybridized carbons (Fsp3) is 0.0526. The van der Waals surface area contributed by atoms with Crippen LogP contribution in [0.15, 0.2) is 59.4 Å². The second-order valence-electron chi connectivity index (χ2n) is 5.96. The minimum absolute atomic E-state index is 0.0150. The van der Waals surface area contributed by atoms with Gasteiger partial charge in [-0.25, -0.2) is 10.1 Å². The van der Waals surface area contributed by atoms with Crippen molar-refractivity contribution in [3.63, 3.8) is 0 Å². The van der Waals surface area contributed by atoms with Crippen molar-refractivity contribution in [2.45, 2.75) is 6.18 Å². The van der Waals surface area contributed by atoms with Gasteiger partial charge in [0.15, 0.2) is 5.13 Å². The highest BCUT2D eigenvalue weighted by atomic mass is 32.1. The Morgan fingerprint density at radius 3 is 2.45 bits per heavy atom. The highest BCUT2D eigenvalue weighted by Crippen LogP contribution is 2.38. The molecule has 0 fully saturated rings. The number of thiazole rings is 1. The number of nitrogens with one attached hydrogen (secondary N) is 2. The summed E-state index contributed by atoms with van der Waals surface area (Å²) in [5.74, 6) is -0.453. The van der Waals surface area contributed by atoms with Crippen molar-refractivity contribution in [1.29, 1.82) is 0 Å². The summed E-state index contributed by atoms with van der Waals surface area (Å²) < 4.78 is 40.3. The number of aromatic nitrogens is 3. The third-order valence-electron chi connectivity index (χ3n) is 4.07. The van der Waals surface area contributed by atoms with Gasteiger partial charge in [0.1, 0.15) is 15.9 Å². The van der Waals surface area contributed by atoms with Crippen LogP contribution in [0, 0.1) is 0 Å². The van der Waals surface area contributed by atoms with Gasteiger partial charge in [-0.05, 0) is 18.2 Å². The molecular formula is C19H11F3N4O2S. The van der Waals surface area contributed by atoms with Crippen LogP contribution < -0.4 is 10.9 Å². The molecule has 0 aliphatic carbocycles. The molecule has 2 aromatic heterocycles. The lowest BCUT2D eigenvalue weighted by atomic mass is 10.0. The zero-order valence-corrected chi connectivity index (χ0v) is 15.3. The predicted molar refractivity (Wildman–Crippen MR) is 103 cm³/mol. The van der Waals surface area contributed by atoms with Crippen molar-refractivity contribution in [2.75, 3.05) is 5.32 Å². The SMILES string of the molecule is O=C(Nc1nc2c(-c3ccccc3C(F)(F)F)n[nH]c(=O)c2s1)c1ccccc1. The van der Waals surface area contributed by atoms with E-state index in [1.54, 1.807) is 30.3 Å². The maximum absolute atomic E-state index is 13.4. The average molecular weight is 416 g/mol. The van der Waals surface area contributed by atoms with Crippen LogP contribution in [0.25, 0.3) is 21.5 Å². The van der Waals surface area contributed by atoms with Gasteiger partial charge in [0.2, 0.25) is 0 Å². The lowest BCUT2D eigenvalue weighted by Crippen LogP contribution is -2.11. The van der Waals surface area contributed by atoms with Crippen LogP contribution in [0.2, 0.25) is 0 Å². The number of halogens is 3. The molecule has 0 saturated heterocycles. The third kappa shape index (κ3) is 3.61. The number of rotatable bonds is 3. The number of carbonyl (C=O) groups excluding carboxylic acids is 1. The molecule has 0 radical (unpaired) electrons. The summed E-state index contributed by atoms with van der Waals surface area (Å²) in [5.41, 5.74) is -1.48. The first-order chi connectivity index (χ1) is 13.8. The molecule has 0 atom stereocenters. The quantitative estimate of drug-likeness (QED) is 0.521. The molecule has 0 bridgehead atoms. The summed E-state index contributed by atoms with van der Waals surface area (Å²) in [7, 11) is 0. The van der Waals surface area contributed by atoms with Gasteiger partial charge in [-0.15, -0.1) is 0 Å². The predicted octanol–water partition coefficient (Wildman–Crippen LogP) is 4.32. The molecular weight excluding hydrogens is 405 g/mol. The highest BCUT2D eigenvalue weighted by molar-refractivity contribution is 7.22. The van der Waals surface area contributed by atoms with E-state index >= 15 is 0 Å². The second kappa shape index (κ2) is 7.13. The Labute approximate surface area is 165 Å². The number of benzene rings is 2. The summed E-state index contributed by atoms with van der Waals surface area (Å²) in [6.07, 6.45) is -4.61. The van der Waals surface area contributed by atoms with E-state index in [0.717, 1.165) is 17.4 Å². The minimum Gasteiger partial charge on any atom is -0.298 e. The van der Waals surface area contributed by atoms with E-state index in [9.17, 15) is 22.8 Å². The lowest BCUT2D eigenvalue weighted by molar-refractivity contribution is -0.137. The number of alkyl halides is 3. The van der Waals surface area contributed by atoms with Crippen LogP contribution >= 0.6 is 11.3 Å². The summed E-state index contributed by atoms with van der Waals surface area (Å²) in [5, 5.41) is 8.64. The smallest absolute Gasteiger partial charge is 0.298 e. The molecule has 0 saturated carbocycles. The Morgan fingerprint density at radius 1 is 1.03 bits per heavy atom. The van der Waals surface area contributed by atoms with Gasteiger partial charge >= 0.3 is 6.18 Å². The van der Waals surface area contributed by atoms with Gasteiger partial charge in [-0.3, -0.25) is 14.9 Å². The van der Waals surface area contributed by atoms with E-state index in [1.807, 2.05) is 0 Å². The van der Waals surface area contributed by atoms with Crippen molar-refractivity contribution in [3.8, 4) is 11.3 Å².